The molecule has 1 N–H and O–H groups in total. The van der Waals surface area contributed by atoms with E-state index in [1.165, 1.54) is 17.3 Å². The third-order valence-corrected chi connectivity index (χ3v) is 5.06. The fourth-order valence-electron chi connectivity index (χ4n) is 2.75. The van der Waals surface area contributed by atoms with Crippen LogP contribution in [0.25, 0.3) is 0 Å². The summed E-state index contributed by atoms with van der Waals surface area (Å²) >= 11 is 1.49. The molecule has 0 bridgehead atoms. The molecule has 1 atom stereocenters. The van der Waals surface area contributed by atoms with Crippen LogP contribution in [0.4, 0.5) is 5.69 Å². The van der Waals surface area contributed by atoms with Gasteiger partial charge in [0.15, 0.2) is 11.5 Å². The summed E-state index contributed by atoms with van der Waals surface area (Å²) in [5.74, 6) is 1.31. The Kier molecular flexibility index (Phi) is 6.37. The summed E-state index contributed by atoms with van der Waals surface area (Å²) in [6, 6.07) is 9.82. The molecular weight excluding hydrogens is 334 g/mol. The van der Waals surface area contributed by atoms with E-state index >= 15 is 0 Å². The van der Waals surface area contributed by atoms with Gasteiger partial charge in [0, 0.05) is 10.6 Å². The molecule has 0 unspecified atom stereocenters. The van der Waals surface area contributed by atoms with Crippen molar-refractivity contribution in [3.05, 3.63) is 47.0 Å². The van der Waals surface area contributed by atoms with E-state index in [-0.39, 0.29) is 11.2 Å². The number of hydrogen-bond donors (Lipinski definition) is 1. The maximum absolute atomic E-state index is 12.6. The van der Waals surface area contributed by atoms with E-state index in [4.69, 9.17) is 9.47 Å². The highest BCUT2D eigenvalue weighted by Crippen LogP contribution is 2.34. The molecule has 0 aliphatic heterocycles. The zero-order chi connectivity index (χ0) is 18.6. The fourth-order valence-corrected chi connectivity index (χ4v) is 3.65. The van der Waals surface area contributed by atoms with Crippen molar-refractivity contribution in [3.8, 4) is 11.5 Å². The number of benzene rings is 2. The number of nitrogens with one attached hydrogen (secondary N) is 1. The van der Waals surface area contributed by atoms with Crippen LogP contribution in [0, 0.1) is 20.8 Å². The SMILES string of the molecule is COc1ccc(S[C@@H](C)C(=O)Nc2c(C)cc(C)cc2C)cc1OC. The van der Waals surface area contributed by atoms with Crippen LogP contribution in [-0.2, 0) is 4.79 Å². The van der Waals surface area contributed by atoms with E-state index in [1.54, 1.807) is 14.2 Å². The van der Waals surface area contributed by atoms with Gasteiger partial charge in [0.05, 0.1) is 19.5 Å². The van der Waals surface area contributed by atoms with Gasteiger partial charge in [-0.15, -0.1) is 11.8 Å². The molecule has 1 amide bonds. The summed E-state index contributed by atoms with van der Waals surface area (Å²) in [6.45, 7) is 7.99. The maximum atomic E-state index is 12.6. The molecule has 0 aliphatic carbocycles. The molecule has 0 radical (unpaired) electrons. The lowest BCUT2D eigenvalue weighted by atomic mass is 10.1. The summed E-state index contributed by atoms with van der Waals surface area (Å²) in [7, 11) is 3.21. The number of carbonyl (C=O) groups excluding carboxylic acids is 1. The highest BCUT2D eigenvalue weighted by atomic mass is 32.2. The minimum Gasteiger partial charge on any atom is -0.493 e. The van der Waals surface area contributed by atoms with Crippen molar-refractivity contribution in [1.82, 2.24) is 0 Å². The van der Waals surface area contributed by atoms with Gasteiger partial charge in [-0.25, -0.2) is 0 Å². The van der Waals surface area contributed by atoms with Crippen LogP contribution < -0.4 is 14.8 Å². The zero-order valence-electron chi connectivity index (χ0n) is 15.6. The molecule has 134 valence electrons. The van der Waals surface area contributed by atoms with E-state index in [0.29, 0.717) is 11.5 Å². The monoisotopic (exact) mass is 359 g/mol. The molecule has 0 saturated carbocycles. The van der Waals surface area contributed by atoms with E-state index in [9.17, 15) is 4.79 Å². The first-order chi connectivity index (χ1) is 11.8. The Morgan fingerprint density at radius 3 is 2.16 bits per heavy atom. The van der Waals surface area contributed by atoms with Gasteiger partial charge in [0.25, 0.3) is 0 Å². The van der Waals surface area contributed by atoms with Crippen molar-refractivity contribution in [2.24, 2.45) is 0 Å². The number of anilines is 1. The number of methoxy groups -OCH3 is 2. The molecule has 4 nitrogen and oxygen atoms in total. The van der Waals surface area contributed by atoms with E-state index in [2.05, 4.69) is 24.4 Å². The second kappa shape index (κ2) is 8.30. The number of rotatable bonds is 6. The lowest BCUT2D eigenvalue weighted by molar-refractivity contribution is -0.115. The van der Waals surface area contributed by atoms with Crippen LogP contribution in [-0.4, -0.2) is 25.4 Å². The van der Waals surface area contributed by atoms with Crippen molar-refractivity contribution in [2.75, 3.05) is 19.5 Å². The number of thioether (sulfide) groups is 1. The van der Waals surface area contributed by atoms with Gasteiger partial charge in [0.2, 0.25) is 5.91 Å². The molecule has 5 heteroatoms. The van der Waals surface area contributed by atoms with Crippen molar-refractivity contribution in [1.29, 1.82) is 0 Å². The van der Waals surface area contributed by atoms with Crippen molar-refractivity contribution in [3.63, 3.8) is 0 Å². The summed E-state index contributed by atoms with van der Waals surface area (Å²) < 4.78 is 10.6. The smallest absolute Gasteiger partial charge is 0.237 e. The standard InChI is InChI=1S/C20H25NO3S/c1-12-9-13(2)19(14(3)10-12)21-20(22)15(4)25-16-7-8-17(23-5)18(11-16)24-6/h7-11,15H,1-6H3,(H,21,22)/t15-/m0/s1. The Balaban J connectivity index is 2.11. The van der Waals surface area contributed by atoms with E-state index in [0.717, 1.165) is 21.7 Å². The lowest BCUT2D eigenvalue weighted by Gasteiger charge is -2.17. The quantitative estimate of drug-likeness (QED) is 0.756. The van der Waals surface area contributed by atoms with Gasteiger partial charge >= 0.3 is 0 Å². The average Bonchev–Trinajstić information content (AvgIpc) is 2.57. The minimum absolute atomic E-state index is 0.0187. The molecule has 2 aromatic rings. The first-order valence-corrected chi connectivity index (χ1v) is 9.01. The van der Waals surface area contributed by atoms with Crippen molar-refractivity contribution >= 4 is 23.4 Å². The first kappa shape index (κ1) is 19.2. The van der Waals surface area contributed by atoms with Crippen LogP contribution in [0.5, 0.6) is 11.5 Å². The van der Waals surface area contributed by atoms with Crippen LogP contribution in [0.15, 0.2) is 35.2 Å². The van der Waals surface area contributed by atoms with Gasteiger partial charge in [-0.05, 0) is 57.0 Å². The molecule has 0 aliphatic rings. The van der Waals surface area contributed by atoms with Crippen LogP contribution >= 0.6 is 11.8 Å². The van der Waals surface area contributed by atoms with Gasteiger partial charge in [0.1, 0.15) is 0 Å². The minimum atomic E-state index is -0.238. The summed E-state index contributed by atoms with van der Waals surface area (Å²) in [5.41, 5.74) is 4.25. The topological polar surface area (TPSA) is 47.6 Å². The molecule has 0 spiro atoms. The van der Waals surface area contributed by atoms with Gasteiger partial charge in [-0.1, -0.05) is 17.7 Å². The molecule has 0 heterocycles. The van der Waals surface area contributed by atoms with Crippen molar-refractivity contribution in [2.45, 2.75) is 37.8 Å². The van der Waals surface area contributed by atoms with Gasteiger partial charge < -0.3 is 14.8 Å². The number of ether oxygens (including phenoxy) is 2. The normalized spacial score (nSPS) is 11.8. The second-order valence-electron chi connectivity index (χ2n) is 6.04. The highest BCUT2D eigenvalue weighted by molar-refractivity contribution is 8.00. The lowest BCUT2D eigenvalue weighted by Crippen LogP contribution is -2.23. The third kappa shape index (κ3) is 4.69. The Labute approximate surface area is 153 Å². The maximum Gasteiger partial charge on any atom is 0.237 e. The van der Waals surface area contributed by atoms with Gasteiger partial charge in [-0.2, -0.15) is 0 Å². The molecule has 0 aromatic heterocycles. The number of hydrogen-bond acceptors (Lipinski definition) is 4. The number of aryl methyl sites for hydroxylation is 3. The second-order valence-corrected chi connectivity index (χ2v) is 7.45. The molecule has 2 aromatic carbocycles. The van der Waals surface area contributed by atoms with E-state index in [1.807, 2.05) is 39.0 Å². The molecule has 25 heavy (non-hydrogen) atoms. The Hall–Kier alpha value is -2.14. The largest absolute Gasteiger partial charge is 0.493 e. The summed E-state index contributed by atoms with van der Waals surface area (Å²) in [6.07, 6.45) is 0. The van der Waals surface area contributed by atoms with Gasteiger partial charge in [-0.3, -0.25) is 4.79 Å². The Morgan fingerprint density at radius 1 is 1.00 bits per heavy atom. The zero-order valence-corrected chi connectivity index (χ0v) is 16.4. The predicted octanol–water partition coefficient (Wildman–Crippen LogP) is 4.75. The summed E-state index contributed by atoms with van der Waals surface area (Å²) in [5, 5.41) is 2.82. The number of amides is 1. The fraction of sp³-hybridized carbons (Fsp3) is 0.350. The van der Waals surface area contributed by atoms with Crippen LogP contribution in [0.1, 0.15) is 23.6 Å². The highest BCUT2D eigenvalue weighted by Gasteiger charge is 2.17. The van der Waals surface area contributed by atoms with Crippen LogP contribution in [0.2, 0.25) is 0 Å². The number of carbonyl (C=O) groups is 1. The molecular formula is C20H25NO3S. The molecule has 0 saturated heterocycles. The Bertz CT molecular complexity index is 751. The van der Waals surface area contributed by atoms with E-state index < -0.39 is 0 Å². The molecule has 2 rings (SSSR count). The first-order valence-electron chi connectivity index (χ1n) is 8.13. The van der Waals surface area contributed by atoms with Crippen LogP contribution in [0.3, 0.4) is 0 Å². The Morgan fingerprint density at radius 2 is 1.60 bits per heavy atom. The summed E-state index contributed by atoms with van der Waals surface area (Å²) in [4.78, 5) is 13.6. The molecule has 0 fully saturated rings. The van der Waals surface area contributed by atoms with Crippen molar-refractivity contribution < 1.29 is 14.3 Å². The third-order valence-electron chi connectivity index (χ3n) is 3.96. The average molecular weight is 359 g/mol. The predicted molar refractivity (Wildman–Crippen MR) is 104 cm³/mol.